The summed E-state index contributed by atoms with van der Waals surface area (Å²) in [4.78, 5) is 15.0. The maximum atomic E-state index is 10.8. The van der Waals surface area contributed by atoms with Crippen LogP contribution in [0.5, 0.6) is 0 Å². The predicted octanol–water partition coefficient (Wildman–Crippen LogP) is 0.537. The summed E-state index contributed by atoms with van der Waals surface area (Å²) in [5.41, 5.74) is 6.70. The molecule has 2 rings (SSSR count). The van der Waals surface area contributed by atoms with Crippen LogP contribution in [-0.4, -0.2) is 16.9 Å². The first-order valence-corrected chi connectivity index (χ1v) is 4.22. The summed E-state index contributed by atoms with van der Waals surface area (Å²) in [5.74, 6) is 0.451. The summed E-state index contributed by atoms with van der Waals surface area (Å²) in [6.45, 7) is 2.08. The lowest BCUT2D eigenvalue weighted by Gasteiger charge is -2.00. The zero-order chi connectivity index (χ0) is 9.42. The minimum atomic E-state index is -0.421. The molecule has 1 atom stereocenters. The first-order chi connectivity index (χ1) is 6.16. The van der Waals surface area contributed by atoms with Crippen molar-refractivity contribution in [3.63, 3.8) is 0 Å². The normalized spacial score (nSPS) is 19.3. The number of anilines is 1. The highest BCUT2D eigenvalue weighted by Gasteiger charge is 2.18. The second kappa shape index (κ2) is 2.73. The molecular weight excluding hydrogens is 166 g/mol. The minimum Gasteiger partial charge on any atom is -0.367 e. The molecular formula is C9H11N3O. The Morgan fingerprint density at radius 1 is 1.77 bits per heavy atom. The van der Waals surface area contributed by atoms with Crippen LogP contribution in [0.15, 0.2) is 12.3 Å². The monoisotopic (exact) mass is 177 g/mol. The number of nitrogens with zero attached hydrogens (tertiary/aromatic N) is 1. The summed E-state index contributed by atoms with van der Waals surface area (Å²) in [6, 6.07) is 2.20. The fraction of sp³-hybridized carbons (Fsp3) is 0.333. The van der Waals surface area contributed by atoms with Crippen LogP contribution in [0.3, 0.4) is 0 Å². The van der Waals surface area contributed by atoms with Crippen molar-refractivity contribution in [3.8, 4) is 0 Å². The average molecular weight is 177 g/mol. The smallest absolute Gasteiger partial charge is 0.250 e. The molecule has 1 amide bonds. The Labute approximate surface area is 76.2 Å². The Hall–Kier alpha value is -1.58. The summed E-state index contributed by atoms with van der Waals surface area (Å²) in [6.07, 6.45) is 2.41. The van der Waals surface area contributed by atoms with Crippen molar-refractivity contribution in [2.24, 2.45) is 5.73 Å². The molecule has 0 aromatic carbocycles. The average Bonchev–Trinajstić information content (AvgIpc) is 2.42. The highest BCUT2D eigenvalue weighted by Crippen LogP contribution is 2.23. The molecule has 0 bridgehead atoms. The van der Waals surface area contributed by atoms with Gasteiger partial charge < -0.3 is 11.1 Å². The van der Waals surface area contributed by atoms with E-state index in [4.69, 9.17) is 5.73 Å². The first kappa shape index (κ1) is 8.04. The number of fused-ring (bicyclic) bond motifs is 1. The van der Waals surface area contributed by atoms with E-state index in [-0.39, 0.29) is 0 Å². The largest absolute Gasteiger partial charge is 0.367 e. The van der Waals surface area contributed by atoms with E-state index in [2.05, 4.69) is 17.2 Å². The summed E-state index contributed by atoms with van der Waals surface area (Å²) in [7, 11) is 0. The third kappa shape index (κ3) is 1.35. The molecule has 0 radical (unpaired) electrons. The lowest BCUT2D eigenvalue weighted by Crippen LogP contribution is -2.11. The summed E-state index contributed by atoms with van der Waals surface area (Å²) < 4.78 is 0. The van der Waals surface area contributed by atoms with Crippen molar-refractivity contribution < 1.29 is 4.79 Å². The van der Waals surface area contributed by atoms with E-state index < -0.39 is 5.91 Å². The molecule has 1 aliphatic rings. The third-order valence-corrected chi connectivity index (χ3v) is 2.16. The highest BCUT2D eigenvalue weighted by atomic mass is 16.1. The van der Waals surface area contributed by atoms with E-state index in [0.717, 1.165) is 17.8 Å². The Kier molecular flexibility index (Phi) is 1.69. The van der Waals surface area contributed by atoms with Crippen LogP contribution < -0.4 is 11.1 Å². The lowest BCUT2D eigenvalue weighted by atomic mass is 10.1. The van der Waals surface area contributed by atoms with E-state index in [1.807, 2.05) is 0 Å². The molecule has 0 unspecified atom stereocenters. The van der Waals surface area contributed by atoms with Gasteiger partial charge in [0.15, 0.2) is 0 Å². The van der Waals surface area contributed by atoms with Gasteiger partial charge in [-0.1, -0.05) is 0 Å². The van der Waals surface area contributed by atoms with Crippen LogP contribution in [0.4, 0.5) is 5.82 Å². The highest BCUT2D eigenvalue weighted by molar-refractivity contribution is 5.93. The van der Waals surface area contributed by atoms with E-state index in [0.29, 0.717) is 11.6 Å². The van der Waals surface area contributed by atoms with Crippen LogP contribution in [0.25, 0.3) is 0 Å². The molecule has 0 saturated heterocycles. The number of amides is 1. The minimum absolute atomic E-state index is 0.394. The Morgan fingerprint density at radius 3 is 3.23 bits per heavy atom. The number of aromatic nitrogens is 1. The van der Waals surface area contributed by atoms with Gasteiger partial charge in [-0.2, -0.15) is 0 Å². The quantitative estimate of drug-likeness (QED) is 0.657. The molecule has 13 heavy (non-hydrogen) atoms. The Morgan fingerprint density at radius 2 is 2.54 bits per heavy atom. The molecule has 68 valence electrons. The number of pyridine rings is 1. The molecule has 1 aromatic rings. The number of nitrogens with two attached hydrogens (primary N) is 1. The number of rotatable bonds is 1. The van der Waals surface area contributed by atoms with Gasteiger partial charge in [-0.3, -0.25) is 4.79 Å². The fourth-order valence-corrected chi connectivity index (χ4v) is 1.54. The SMILES string of the molecule is C[C@H]1Cc2cc(C(N)=O)cnc2N1. The van der Waals surface area contributed by atoms with Gasteiger partial charge >= 0.3 is 0 Å². The summed E-state index contributed by atoms with van der Waals surface area (Å²) in [5, 5.41) is 3.20. The number of carbonyl (C=O) groups is 1. The number of hydrogen-bond donors (Lipinski definition) is 2. The van der Waals surface area contributed by atoms with Crippen LogP contribution in [0.2, 0.25) is 0 Å². The molecule has 0 fully saturated rings. The first-order valence-electron chi connectivity index (χ1n) is 4.22. The number of nitrogens with one attached hydrogen (secondary N) is 1. The van der Waals surface area contributed by atoms with Crippen LogP contribution in [0.1, 0.15) is 22.8 Å². The van der Waals surface area contributed by atoms with Crippen molar-refractivity contribution in [2.75, 3.05) is 5.32 Å². The van der Waals surface area contributed by atoms with Crippen LogP contribution in [-0.2, 0) is 6.42 Å². The maximum Gasteiger partial charge on any atom is 0.250 e. The third-order valence-electron chi connectivity index (χ3n) is 2.16. The molecule has 3 N–H and O–H groups in total. The molecule has 4 heteroatoms. The van der Waals surface area contributed by atoms with Crippen LogP contribution in [0, 0.1) is 0 Å². The van der Waals surface area contributed by atoms with Gasteiger partial charge in [0.25, 0.3) is 0 Å². The second-order valence-electron chi connectivity index (χ2n) is 3.35. The van der Waals surface area contributed by atoms with Gasteiger partial charge in [-0.25, -0.2) is 4.98 Å². The molecule has 0 spiro atoms. The Bertz CT molecular complexity index is 362. The molecule has 0 saturated carbocycles. The molecule has 2 heterocycles. The fourth-order valence-electron chi connectivity index (χ4n) is 1.54. The second-order valence-corrected chi connectivity index (χ2v) is 3.35. The zero-order valence-corrected chi connectivity index (χ0v) is 7.37. The van der Waals surface area contributed by atoms with Gasteiger partial charge in [0.2, 0.25) is 5.91 Å². The van der Waals surface area contributed by atoms with Gasteiger partial charge in [0.1, 0.15) is 5.82 Å². The van der Waals surface area contributed by atoms with E-state index >= 15 is 0 Å². The topological polar surface area (TPSA) is 68.0 Å². The van der Waals surface area contributed by atoms with Gasteiger partial charge in [-0.15, -0.1) is 0 Å². The van der Waals surface area contributed by atoms with E-state index in [9.17, 15) is 4.79 Å². The van der Waals surface area contributed by atoms with Crippen LogP contribution >= 0.6 is 0 Å². The van der Waals surface area contributed by atoms with E-state index in [1.165, 1.54) is 6.20 Å². The number of carbonyl (C=O) groups excluding carboxylic acids is 1. The zero-order valence-electron chi connectivity index (χ0n) is 7.37. The van der Waals surface area contributed by atoms with E-state index in [1.54, 1.807) is 6.07 Å². The van der Waals surface area contributed by atoms with Crippen molar-refractivity contribution in [1.29, 1.82) is 0 Å². The van der Waals surface area contributed by atoms with Crippen molar-refractivity contribution in [3.05, 3.63) is 23.4 Å². The van der Waals surface area contributed by atoms with Crippen molar-refractivity contribution in [1.82, 2.24) is 4.98 Å². The standard InChI is InChI=1S/C9H11N3O/c1-5-2-6-3-7(8(10)13)4-11-9(6)12-5/h3-5H,2H2,1H3,(H2,10,13)(H,11,12)/t5-/m0/s1. The lowest BCUT2D eigenvalue weighted by molar-refractivity contribution is 0.1000. The molecule has 1 aliphatic heterocycles. The van der Waals surface area contributed by atoms with Crippen molar-refractivity contribution in [2.45, 2.75) is 19.4 Å². The molecule has 4 nitrogen and oxygen atoms in total. The molecule has 0 aliphatic carbocycles. The van der Waals surface area contributed by atoms with Gasteiger partial charge in [0, 0.05) is 12.2 Å². The maximum absolute atomic E-state index is 10.8. The van der Waals surface area contributed by atoms with Crippen molar-refractivity contribution >= 4 is 11.7 Å². The Balaban J connectivity index is 2.40. The molecule has 1 aromatic heterocycles. The van der Waals surface area contributed by atoms with Gasteiger partial charge in [-0.05, 0) is 25.0 Å². The van der Waals surface area contributed by atoms with Gasteiger partial charge in [0.05, 0.1) is 5.56 Å². The predicted molar refractivity (Wildman–Crippen MR) is 49.5 cm³/mol. The number of primary amides is 1. The summed E-state index contributed by atoms with van der Waals surface area (Å²) >= 11 is 0. The number of hydrogen-bond acceptors (Lipinski definition) is 3.